The molecule has 1 aliphatic carbocycles. The summed E-state index contributed by atoms with van der Waals surface area (Å²) >= 11 is 1.38. The van der Waals surface area contributed by atoms with Crippen LogP contribution in [0.2, 0.25) is 0 Å². The second-order valence-electron chi connectivity index (χ2n) is 9.42. The van der Waals surface area contributed by atoms with Crippen molar-refractivity contribution >= 4 is 33.4 Å². The Morgan fingerprint density at radius 3 is 2.22 bits per heavy atom. The van der Waals surface area contributed by atoms with Crippen molar-refractivity contribution in [3.05, 3.63) is 53.8 Å². The SMILES string of the molecule is CN(C)CC[C@H](CSc1ccc(F)cc1)Nc1c(F)cc(S(=O)(=O)NC(=O)C2(F)CCCCC2)cc1F. The second kappa shape index (κ2) is 12.5. The molecule has 2 N–H and O–H groups in total. The molecule has 0 heterocycles. The molecule has 0 aromatic heterocycles. The lowest BCUT2D eigenvalue weighted by Crippen LogP contribution is -2.46. The van der Waals surface area contributed by atoms with Gasteiger partial charge in [-0.3, -0.25) is 4.79 Å². The van der Waals surface area contributed by atoms with Gasteiger partial charge < -0.3 is 10.2 Å². The van der Waals surface area contributed by atoms with E-state index in [0.717, 1.165) is 11.3 Å². The van der Waals surface area contributed by atoms with Crippen LogP contribution in [0.3, 0.4) is 0 Å². The molecule has 1 amide bonds. The Kier molecular flexibility index (Phi) is 9.87. The van der Waals surface area contributed by atoms with Gasteiger partial charge in [-0.05, 0) is 89.1 Å². The number of sulfonamides is 1. The summed E-state index contributed by atoms with van der Waals surface area (Å²) in [5, 5.41) is 2.82. The number of rotatable bonds is 11. The summed E-state index contributed by atoms with van der Waals surface area (Å²) in [4.78, 5) is 14.2. The third kappa shape index (κ3) is 8.08. The van der Waals surface area contributed by atoms with Crippen molar-refractivity contribution < 1.29 is 30.8 Å². The van der Waals surface area contributed by atoms with Crippen molar-refractivity contribution in [2.75, 3.05) is 31.7 Å². The van der Waals surface area contributed by atoms with Gasteiger partial charge in [-0.15, -0.1) is 11.8 Å². The van der Waals surface area contributed by atoms with Crippen molar-refractivity contribution in [3.8, 4) is 0 Å². The minimum atomic E-state index is -4.70. The minimum absolute atomic E-state index is 0.107. The summed E-state index contributed by atoms with van der Waals surface area (Å²) in [6.07, 6.45) is 1.93. The minimum Gasteiger partial charge on any atom is -0.377 e. The van der Waals surface area contributed by atoms with Gasteiger partial charge in [0.05, 0.1) is 4.90 Å². The van der Waals surface area contributed by atoms with Crippen molar-refractivity contribution in [1.29, 1.82) is 0 Å². The van der Waals surface area contributed by atoms with E-state index in [2.05, 4.69) is 5.32 Å². The summed E-state index contributed by atoms with van der Waals surface area (Å²) in [5.74, 6) is -3.63. The molecule has 2 aromatic rings. The molecule has 0 unspecified atom stereocenters. The van der Waals surface area contributed by atoms with Crippen LogP contribution in [0.25, 0.3) is 0 Å². The van der Waals surface area contributed by atoms with Crippen molar-refractivity contribution in [2.24, 2.45) is 0 Å². The molecule has 0 spiro atoms. The van der Waals surface area contributed by atoms with E-state index in [1.807, 2.05) is 19.0 Å². The van der Waals surface area contributed by atoms with E-state index >= 15 is 0 Å². The number of benzene rings is 2. The van der Waals surface area contributed by atoms with Gasteiger partial charge in [-0.2, -0.15) is 0 Å². The summed E-state index contributed by atoms with van der Waals surface area (Å²) in [6, 6.07) is 6.63. The molecule has 0 saturated heterocycles. The Hall–Kier alpha value is -2.31. The smallest absolute Gasteiger partial charge is 0.271 e. The Bertz CT molecular complexity index is 1170. The number of nitrogens with one attached hydrogen (secondary N) is 2. The predicted octanol–water partition coefficient (Wildman–Crippen LogP) is 5.11. The number of anilines is 1. The number of amides is 1. The normalized spacial score (nSPS) is 16.4. The van der Waals surface area contributed by atoms with E-state index < -0.39 is 49.9 Å². The zero-order valence-electron chi connectivity index (χ0n) is 20.7. The van der Waals surface area contributed by atoms with Gasteiger partial charge in [0.25, 0.3) is 15.9 Å². The Labute approximate surface area is 219 Å². The molecule has 1 atom stereocenters. The lowest BCUT2D eigenvalue weighted by atomic mass is 9.86. The van der Waals surface area contributed by atoms with Crippen LogP contribution in [0, 0.1) is 17.5 Å². The number of halogens is 4. The van der Waals surface area contributed by atoms with E-state index in [4.69, 9.17) is 0 Å². The highest BCUT2D eigenvalue weighted by Gasteiger charge is 2.41. The van der Waals surface area contributed by atoms with Crippen molar-refractivity contribution in [1.82, 2.24) is 9.62 Å². The molecule has 12 heteroatoms. The highest BCUT2D eigenvalue weighted by molar-refractivity contribution is 7.99. The average Bonchev–Trinajstić information content (AvgIpc) is 2.83. The molecule has 2 aromatic carbocycles. The molecular formula is C25H31F4N3O3S2. The van der Waals surface area contributed by atoms with Crippen molar-refractivity contribution in [2.45, 2.75) is 60.0 Å². The standard InChI is InChI=1S/C25H31F4N3O3S2/c1-32(2)13-10-18(16-36-19-8-6-17(26)7-9-19)30-23-21(27)14-20(15-22(23)28)37(34,35)31-24(33)25(29)11-4-3-5-12-25/h6-9,14-15,18,30H,3-5,10-13,16H2,1-2H3,(H,31,33)/t18-/m1/s1. The van der Waals surface area contributed by atoms with Crippen LogP contribution in [0.5, 0.6) is 0 Å². The number of carbonyl (C=O) groups is 1. The lowest BCUT2D eigenvalue weighted by molar-refractivity contribution is -0.133. The number of alkyl halides is 1. The second-order valence-corrected chi connectivity index (χ2v) is 12.2. The average molecular weight is 562 g/mol. The summed E-state index contributed by atoms with van der Waals surface area (Å²) in [6.45, 7) is 0.606. The molecule has 204 valence electrons. The van der Waals surface area contributed by atoms with E-state index in [-0.39, 0.29) is 18.7 Å². The Morgan fingerprint density at radius 2 is 1.65 bits per heavy atom. The van der Waals surface area contributed by atoms with E-state index in [9.17, 15) is 30.8 Å². The van der Waals surface area contributed by atoms with Crippen molar-refractivity contribution in [3.63, 3.8) is 0 Å². The first-order valence-corrected chi connectivity index (χ1v) is 14.4. The fourth-order valence-electron chi connectivity index (χ4n) is 4.00. The highest BCUT2D eigenvalue weighted by atomic mass is 32.2. The molecule has 1 aliphatic rings. The van der Waals surface area contributed by atoms with E-state index in [1.165, 1.54) is 23.9 Å². The fraction of sp³-hybridized carbons (Fsp3) is 0.480. The maximum atomic E-state index is 15.0. The first-order chi connectivity index (χ1) is 17.4. The van der Waals surface area contributed by atoms with Gasteiger partial charge in [0.15, 0.2) is 17.3 Å². The van der Waals surface area contributed by atoms with Crippen LogP contribution in [-0.2, 0) is 14.8 Å². The molecule has 0 aliphatic heterocycles. The fourth-order valence-corrected chi connectivity index (χ4v) is 6.03. The van der Waals surface area contributed by atoms with Gasteiger partial charge >= 0.3 is 0 Å². The largest absolute Gasteiger partial charge is 0.377 e. The number of hydrogen-bond donors (Lipinski definition) is 2. The van der Waals surface area contributed by atoms with Gasteiger partial charge in [-0.1, -0.05) is 6.42 Å². The number of hydrogen-bond acceptors (Lipinski definition) is 6. The van der Waals surface area contributed by atoms with Crippen LogP contribution >= 0.6 is 11.8 Å². The third-order valence-electron chi connectivity index (χ3n) is 6.14. The van der Waals surface area contributed by atoms with Crippen LogP contribution in [0.4, 0.5) is 23.2 Å². The number of thioether (sulfide) groups is 1. The van der Waals surface area contributed by atoms with Gasteiger partial charge in [0.2, 0.25) is 0 Å². The summed E-state index contributed by atoms with van der Waals surface area (Å²) in [5.41, 5.74) is -2.84. The summed E-state index contributed by atoms with van der Waals surface area (Å²) < 4.78 is 84.9. The highest BCUT2D eigenvalue weighted by Crippen LogP contribution is 2.33. The van der Waals surface area contributed by atoms with Gasteiger partial charge in [0, 0.05) is 16.7 Å². The maximum absolute atomic E-state index is 15.0. The van der Waals surface area contributed by atoms with E-state index in [0.29, 0.717) is 43.7 Å². The Morgan fingerprint density at radius 1 is 1.05 bits per heavy atom. The van der Waals surface area contributed by atoms with Crippen LogP contribution in [0.1, 0.15) is 38.5 Å². The Balaban J connectivity index is 1.75. The molecule has 6 nitrogen and oxygen atoms in total. The molecule has 1 saturated carbocycles. The third-order valence-corrected chi connectivity index (χ3v) is 8.63. The molecular weight excluding hydrogens is 530 g/mol. The van der Waals surface area contributed by atoms with Crippen LogP contribution in [-0.4, -0.2) is 57.3 Å². The first-order valence-electron chi connectivity index (χ1n) is 11.9. The monoisotopic (exact) mass is 561 g/mol. The maximum Gasteiger partial charge on any atom is 0.271 e. The zero-order valence-corrected chi connectivity index (χ0v) is 22.3. The molecule has 37 heavy (non-hydrogen) atoms. The van der Waals surface area contributed by atoms with E-state index in [1.54, 1.807) is 16.9 Å². The quantitative estimate of drug-likeness (QED) is 0.294. The summed E-state index contributed by atoms with van der Waals surface area (Å²) in [7, 11) is -0.987. The number of nitrogens with zero attached hydrogens (tertiary/aromatic N) is 1. The topological polar surface area (TPSA) is 78.5 Å². The zero-order chi connectivity index (χ0) is 27.2. The molecule has 0 radical (unpaired) electrons. The molecule has 0 bridgehead atoms. The van der Waals surface area contributed by atoms with Crippen LogP contribution in [0.15, 0.2) is 46.2 Å². The number of carbonyl (C=O) groups excluding carboxylic acids is 1. The van der Waals surface area contributed by atoms with Gasteiger partial charge in [-0.25, -0.2) is 30.7 Å². The molecule has 1 fully saturated rings. The van der Waals surface area contributed by atoms with Gasteiger partial charge in [0.1, 0.15) is 11.5 Å². The predicted molar refractivity (Wildman–Crippen MR) is 136 cm³/mol. The molecule has 3 rings (SSSR count). The van der Waals surface area contributed by atoms with Crippen LogP contribution < -0.4 is 10.0 Å². The first kappa shape index (κ1) is 29.2. The lowest BCUT2D eigenvalue weighted by Gasteiger charge is -2.27.